The van der Waals surface area contributed by atoms with E-state index in [1.54, 1.807) is 0 Å². The molecule has 2 aliphatic heterocycles. The van der Waals surface area contributed by atoms with Crippen molar-refractivity contribution in [1.82, 2.24) is 10.2 Å². The van der Waals surface area contributed by atoms with Crippen LogP contribution in [-0.4, -0.2) is 54.2 Å². The van der Waals surface area contributed by atoms with E-state index in [9.17, 15) is 18.0 Å². The van der Waals surface area contributed by atoms with Gasteiger partial charge < -0.3 is 15.3 Å². The lowest BCUT2D eigenvalue weighted by Gasteiger charge is -2.33. The van der Waals surface area contributed by atoms with Crippen LogP contribution in [0, 0.1) is 17.8 Å². The SMILES string of the molecule is C#Cc1cccc(C(=O)N2CCC3(CCNCC3)C2)c1.O=C(O)C(F)(F)F. The van der Waals surface area contributed by atoms with Gasteiger partial charge in [-0.25, -0.2) is 4.79 Å². The number of carboxylic acids is 1. The molecule has 0 atom stereocenters. The van der Waals surface area contributed by atoms with Crippen LogP contribution in [0.2, 0.25) is 0 Å². The number of amides is 1. The second-order valence-corrected chi connectivity index (χ2v) is 6.75. The standard InChI is InChI=1S/C17H20N2O.C2HF3O2/c1-2-14-4-3-5-15(12-14)16(20)19-11-8-17(13-19)6-9-18-10-7-17;3-2(4,5)1(6)7/h1,3-5,12,18H,6-11,13H2;(H,6,7). The molecule has 2 heterocycles. The fraction of sp³-hybridized carbons (Fsp3) is 0.474. The molecule has 3 rings (SSSR count). The molecule has 2 saturated heterocycles. The minimum Gasteiger partial charge on any atom is -0.475 e. The summed E-state index contributed by atoms with van der Waals surface area (Å²) >= 11 is 0. The number of aliphatic carboxylic acids is 1. The number of rotatable bonds is 1. The van der Waals surface area contributed by atoms with Gasteiger partial charge in [0, 0.05) is 24.2 Å². The molecule has 0 radical (unpaired) electrons. The number of halogens is 3. The first-order valence-corrected chi connectivity index (χ1v) is 8.54. The van der Waals surface area contributed by atoms with Gasteiger partial charge in [0.2, 0.25) is 0 Å². The number of likely N-dealkylation sites (tertiary alicyclic amines) is 1. The zero-order valence-corrected chi connectivity index (χ0v) is 14.7. The topological polar surface area (TPSA) is 69.6 Å². The Labute approximate surface area is 155 Å². The van der Waals surface area contributed by atoms with Gasteiger partial charge in [0.15, 0.2) is 0 Å². The van der Waals surface area contributed by atoms with Gasteiger partial charge in [0.25, 0.3) is 5.91 Å². The summed E-state index contributed by atoms with van der Waals surface area (Å²) in [5, 5.41) is 10.5. The van der Waals surface area contributed by atoms with E-state index in [-0.39, 0.29) is 5.91 Å². The van der Waals surface area contributed by atoms with E-state index in [0.29, 0.717) is 11.0 Å². The van der Waals surface area contributed by atoms with Crippen LogP contribution in [0.15, 0.2) is 24.3 Å². The van der Waals surface area contributed by atoms with Gasteiger partial charge in [-0.2, -0.15) is 13.2 Å². The highest BCUT2D eigenvalue weighted by atomic mass is 19.4. The van der Waals surface area contributed by atoms with Gasteiger partial charge in [0.1, 0.15) is 0 Å². The highest BCUT2D eigenvalue weighted by Crippen LogP contribution is 2.39. The molecule has 27 heavy (non-hydrogen) atoms. The summed E-state index contributed by atoms with van der Waals surface area (Å²) in [6.45, 7) is 3.93. The molecule has 1 aromatic rings. The molecule has 146 valence electrons. The van der Waals surface area contributed by atoms with Crippen LogP contribution >= 0.6 is 0 Å². The van der Waals surface area contributed by atoms with Crippen molar-refractivity contribution in [3.8, 4) is 12.3 Å². The molecule has 0 unspecified atom stereocenters. The highest BCUT2D eigenvalue weighted by molar-refractivity contribution is 5.94. The van der Waals surface area contributed by atoms with Crippen LogP contribution in [0.5, 0.6) is 0 Å². The van der Waals surface area contributed by atoms with Gasteiger partial charge in [-0.3, -0.25) is 4.79 Å². The second kappa shape index (κ2) is 8.44. The molecule has 1 aromatic carbocycles. The van der Waals surface area contributed by atoms with E-state index < -0.39 is 12.1 Å². The summed E-state index contributed by atoms with van der Waals surface area (Å²) in [6, 6.07) is 7.39. The number of benzene rings is 1. The predicted octanol–water partition coefficient (Wildman–Crippen LogP) is 2.52. The molecule has 0 aliphatic carbocycles. The lowest BCUT2D eigenvalue weighted by Crippen LogP contribution is -2.39. The van der Waals surface area contributed by atoms with Crippen LogP contribution in [0.25, 0.3) is 0 Å². The van der Waals surface area contributed by atoms with Crippen LogP contribution in [0.4, 0.5) is 13.2 Å². The number of piperidine rings is 1. The quantitative estimate of drug-likeness (QED) is 0.733. The smallest absolute Gasteiger partial charge is 0.475 e. The lowest BCUT2D eigenvalue weighted by molar-refractivity contribution is -0.192. The zero-order valence-electron chi connectivity index (χ0n) is 14.7. The van der Waals surface area contributed by atoms with E-state index in [1.807, 2.05) is 29.2 Å². The number of carbonyl (C=O) groups excluding carboxylic acids is 1. The number of alkyl halides is 3. The molecule has 2 fully saturated rings. The Kier molecular flexibility index (Phi) is 6.50. The first kappa shape index (κ1) is 20.8. The summed E-state index contributed by atoms with van der Waals surface area (Å²) in [5.41, 5.74) is 1.84. The van der Waals surface area contributed by atoms with Gasteiger partial charge in [-0.15, -0.1) is 6.42 Å². The third-order valence-electron chi connectivity index (χ3n) is 4.91. The molecule has 1 amide bonds. The maximum Gasteiger partial charge on any atom is 0.490 e. The fourth-order valence-electron chi connectivity index (χ4n) is 3.40. The monoisotopic (exact) mass is 382 g/mol. The van der Waals surface area contributed by atoms with Crippen molar-refractivity contribution in [1.29, 1.82) is 0 Å². The Bertz CT molecular complexity index is 734. The Hall–Kier alpha value is -2.53. The molecule has 5 nitrogen and oxygen atoms in total. The third kappa shape index (κ3) is 5.47. The van der Waals surface area contributed by atoms with Crippen molar-refractivity contribution < 1.29 is 27.9 Å². The molecule has 2 N–H and O–H groups in total. The molecule has 0 bridgehead atoms. The Morgan fingerprint density at radius 2 is 1.85 bits per heavy atom. The number of carbonyl (C=O) groups is 2. The largest absolute Gasteiger partial charge is 0.490 e. The van der Waals surface area contributed by atoms with E-state index in [0.717, 1.165) is 38.2 Å². The molecule has 2 aliphatic rings. The van der Waals surface area contributed by atoms with E-state index in [4.69, 9.17) is 16.3 Å². The third-order valence-corrected chi connectivity index (χ3v) is 4.91. The van der Waals surface area contributed by atoms with Crippen molar-refractivity contribution in [3.63, 3.8) is 0 Å². The lowest BCUT2D eigenvalue weighted by atomic mass is 9.78. The summed E-state index contributed by atoms with van der Waals surface area (Å²) < 4.78 is 31.7. The summed E-state index contributed by atoms with van der Waals surface area (Å²) in [5.74, 6) is -0.0436. The van der Waals surface area contributed by atoms with Crippen molar-refractivity contribution in [3.05, 3.63) is 35.4 Å². The number of hydrogen-bond acceptors (Lipinski definition) is 3. The van der Waals surface area contributed by atoms with Crippen molar-refractivity contribution >= 4 is 11.9 Å². The minimum absolute atomic E-state index is 0.123. The highest BCUT2D eigenvalue weighted by Gasteiger charge is 2.40. The molecule has 1 spiro atoms. The van der Waals surface area contributed by atoms with Gasteiger partial charge in [-0.05, 0) is 56.0 Å². The van der Waals surface area contributed by atoms with Crippen LogP contribution in [0.1, 0.15) is 35.2 Å². The number of terminal acetylenes is 1. The van der Waals surface area contributed by atoms with Crippen LogP contribution in [-0.2, 0) is 4.79 Å². The van der Waals surface area contributed by atoms with Crippen molar-refractivity contribution in [2.45, 2.75) is 25.4 Å². The summed E-state index contributed by atoms with van der Waals surface area (Å²) in [7, 11) is 0. The Morgan fingerprint density at radius 1 is 1.22 bits per heavy atom. The van der Waals surface area contributed by atoms with E-state index >= 15 is 0 Å². The van der Waals surface area contributed by atoms with Crippen molar-refractivity contribution in [2.75, 3.05) is 26.2 Å². The number of nitrogens with zero attached hydrogens (tertiary/aromatic N) is 1. The maximum absolute atomic E-state index is 12.6. The van der Waals surface area contributed by atoms with Crippen molar-refractivity contribution in [2.24, 2.45) is 5.41 Å². The molecule has 0 saturated carbocycles. The molecule has 8 heteroatoms. The van der Waals surface area contributed by atoms with E-state index in [1.165, 1.54) is 12.8 Å². The molecule has 0 aromatic heterocycles. The normalized spacial score (nSPS) is 18.4. The number of carboxylic acid groups (broad SMARTS) is 1. The molecular formula is C19H21F3N2O3. The summed E-state index contributed by atoms with van der Waals surface area (Å²) in [6.07, 6.45) is 3.82. The average Bonchev–Trinajstić information content (AvgIpc) is 3.04. The number of hydrogen-bond donors (Lipinski definition) is 2. The second-order valence-electron chi connectivity index (χ2n) is 6.75. The van der Waals surface area contributed by atoms with Gasteiger partial charge >= 0.3 is 12.1 Å². The predicted molar refractivity (Wildman–Crippen MR) is 93.1 cm³/mol. The van der Waals surface area contributed by atoms with Gasteiger partial charge in [-0.1, -0.05) is 12.0 Å². The van der Waals surface area contributed by atoms with Gasteiger partial charge in [0.05, 0.1) is 0 Å². The number of nitrogens with one attached hydrogen (secondary N) is 1. The average molecular weight is 382 g/mol. The fourth-order valence-corrected chi connectivity index (χ4v) is 3.40. The minimum atomic E-state index is -5.08. The van der Waals surface area contributed by atoms with E-state index in [2.05, 4.69) is 11.2 Å². The zero-order chi connectivity index (χ0) is 20.1. The van der Waals surface area contributed by atoms with Crippen LogP contribution < -0.4 is 5.32 Å². The Balaban J connectivity index is 0.000000321. The first-order chi connectivity index (χ1) is 12.7. The van der Waals surface area contributed by atoms with Crippen LogP contribution in [0.3, 0.4) is 0 Å². The molecular weight excluding hydrogens is 361 g/mol. The summed E-state index contributed by atoms with van der Waals surface area (Å²) in [4.78, 5) is 23.5. The Morgan fingerprint density at radius 3 is 2.41 bits per heavy atom. The maximum atomic E-state index is 12.6. The first-order valence-electron chi connectivity index (χ1n) is 8.54.